The second kappa shape index (κ2) is 4.87. The highest BCUT2D eigenvalue weighted by molar-refractivity contribution is 5.38. The molecule has 0 saturated carbocycles. The Morgan fingerprint density at radius 1 is 1.18 bits per heavy atom. The average molecular weight is 230 g/mol. The van der Waals surface area contributed by atoms with E-state index in [1.807, 2.05) is 35.9 Å². The molecule has 0 spiro atoms. The van der Waals surface area contributed by atoms with Crippen LogP contribution in [0.5, 0.6) is 11.5 Å². The van der Waals surface area contributed by atoms with Gasteiger partial charge in [-0.1, -0.05) is 30.3 Å². The van der Waals surface area contributed by atoms with Crippen LogP contribution in [-0.4, -0.2) is 12.2 Å². The Hall–Kier alpha value is -2.03. The fourth-order valence-corrected chi connectivity index (χ4v) is 1.78. The van der Waals surface area contributed by atoms with Crippen molar-refractivity contribution in [2.75, 3.05) is 7.11 Å². The maximum atomic E-state index is 9.91. The molecule has 3 heteroatoms. The van der Waals surface area contributed by atoms with Gasteiger partial charge in [-0.2, -0.15) is 4.57 Å². The van der Waals surface area contributed by atoms with E-state index in [2.05, 4.69) is 12.1 Å². The van der Waals surface area contributed by atoms with Gasteiger partial charge in [0, 0.05) is 18.6 Å². The first-order valence-electron chi connectivity index (χ1n) is 5.52. The summed E-state index contributed by atoms with van der Waals surface area (Å²) in [5, 5.41) is 9.91. The monoisotopic (exact) mass is 230 g/mol. The Morgan fingerprint density at radius 2 is 1.88 bits per heavy atom. The van der Waals surface area contributed by atoms with Gasteiger partial charge in [-0.05, 0) is 0 Å². The lowest BCUT2D eigenvalue weighted by molar-refractivity contribution is -0.694. The van der Waals surface area contributed by atoms with Crippen molar-refractivity contribution in [1.29, 1.82) is 0 Å². The molecule has 0 bridgehead atoms. The molecule has 3 nitrogen and oxygen atoms in total. The van der Waals surface area contributed by atoms with Crippen LogP contribution in [0, 0.1) is 6.92 Å². The summed E-state index contributed by atoms with van der Waals surface area (Å²) in [6, 6.07) is 11.9. The van der Waals surface area contributed by atoms with Crippen LogP contribution in [0.15, 0.2) is 42.6 Å². The van der Waals surface area contributed by atoms with Crippen molar-refractivity contribution < 1.29 is 14.4 Å². The third-order valence-electron chi connectivity index (χ3n) is 2.83. The standard InChI is InChI=1S/C14H15NO2/c1-11-14(16)13(17-2)8-9-15(11)10-12-6-4-3-5-7-12/h3-9H,10H2,1-2H3/p+1. The average Bonchev–Trinajstić information content (AvgIpc) is 2.37. The molecule has 0 atom stereocenters. The molecule has 1 heterocycles. The largest absolute Gasteiger partial charge is 0.500 e. The SMILES string of the molecule is COc1cc[n+](Cc2ccccc2)c(C)c1O. The van der Waals surface area contributed by atoms with Crippen LogP contribution in [0.2, 0.25) is 0 Å². The third kappa shape index (κ3) is 2.38. The highest BCUT2D eigenvalue weighted by Gasteiger charge is 2.16. The van der Waals surface area contributed by atoms with E-state index >= 15 is 0 Å². The van der Waals surface area contributed by atoms with Gasteiger partial charge in [-0.3, -0.25) is 0 Å². The lowest BCUT2D eigenvalue weighted by Gasteiger charge is -2.06. The van der Waals surface area contributed by atoms with Gasteiger partial charge >= 0.3 is 0 Å². The molecule has 1 aromatic heterocycles. The molecule has 0 amide bonds. The maximum absolute atomic E-state index is 9.91. The van der Waals surface area contributed by atoms with E-state index in [1.165, 1.54) is 5.56 Å². The molecule has 0 unspecified atom stereocenters. The molecule has 2 rings (SSSR count). The number of hydrogen-bond donors (Lipinski definition) is 1. The van der Waals surface area contributed by atoms with Crippen LogP contribution >= 0.6 is 0 Å². The fraction of sp³-hybridized carbons (Fsp3) is 0.214. The number of aromatic hydroxyl groups is 1. The van der Waals surface area contributed by atoms with Crippen LogP contribution in [0.25, 0.3) is 0 Å². The Balaban J connectivity index is 2.32. The number of aromatic nitrogens is 1. The van der Waals surface area contributed by atoms with Gasteiger partial charge in [0.15, 0.2) is 18.5 Å². The zero-order valence-corrected chi connectivity index (χ0v) is 10.1. The number of benzene rings is 1. The fourth-order valence-electron chi connectivity index (χ4n) is 1.78. The van der Waals surface area contributed by atoms with E-state index in [0.29, 0.717) is 5.75 Å². The summed E-state index contributed by atoms with van der Waals surface area (Å²) in [5.74, 6) is 0.706. The number of nitrogens with zero attached hydrogens (tertiary/aromatic N) is 1. The van der Waals surface area contributed by atoms with Gasteiger partial charge in [0.05, 0.1) is 7.11 Å². The van der Waals surface area contributed by atoms with Crippen molar-refractivity contribution in [2.24, 2.45) is 0 Å². The van der Waals surface area contributed by atoms with Crippen LogP contribution in [-0.2, 0) is 6.54 Å². The van der Waals surface area contributed by atoms with Gasteiger partial charge in [0.25, 0.3) is 0 Å². The van der Waals surface area contributed by atoms with Crippen molar-refractivity contribution in [3.8, 4) is 11.5 Å². The first-order valence-corrected chi connectivity index (χ1v) is 5.52. The topological polar surface area (TPSA) is 33.3 Å². The molecule has 0 aliphatic heterocycles. The molecule has 0 fully saturated rings. The highest BCUT2D eigenvalue weighted by Crippen LogP contribution is 2.25. The quantitative estimate of drug-likeness (QED) is 0.819. The zero-order valence-electron chi connectivity index (χ0n) is 10.1. The predicted molar refractivity (Wildman–Crippen MR) is 65.1 cm³/mol. The number of ether oxygens (including phenoxy) is 1. The molecule has 88 valence electrons. The minimum absolute atomic E-state index is 0.200. The minimum Gasteiger partial charge on any atom is -0.500 e. The summed E-state index contributed by atoms with van der Waals surface area (Å²) in [7, 11) is 1.55. The molecule has 0 aliphatic carbocycles. The molecule has 0 aliphatic rings. The molecule has 17 heavy (non-hydrogen) atoms. The smallest absolute Gasteiger partial charge is 0.226 e. The predicted octanol–water partition coefficient (Wildman–Crippen LogP) is 2.05. The molecule has 2 aromatic rings. The Morgan fingerprint density at radius 3 is 2.53 bits per heavy atom. The van der Waals surface area contributed by atoms with Crippen molar-refractivity contribution in [3.63, 3.8) is 0 Å². The molecule has 0 saturated heterocycles. The summed E-state index contributed by atoms with van der Waals surface area (Å²) >= 11 is 0. The normalized spacial score (nSPS) is 10.2. The van der Waals surface area contributed by atoms with Crippen molar-refractivity contribution in [3.05, 3.63) is 53.9 Å². The number of methoxy groups -OCH3 is 1. The van der Waals surface area contributed by atoms with Crippen molar-refractivity contribution >= 4 is 0 Å². The van der Waals surface area contributed by atoms with Crippen LogP contribution in [0.1, 0.15) is 11.3 Å². The third-order valence-corrected chi connectivity index (χ3v) is 2.83. The zero-order chi connectivity index (χ0) is 12.3. The summed E-state index contributed by atoms with van der Waals surface area (Å²) < 4.78 is 7.06. The minimum atomic E-state index is 0.200. The second-order valence-electron chi connectivity index (χ2n) is 3.93. The highest BCUT2D eigenvalue weighted by atomic mass is 16.5. The number of pyridine rings is 1. The van der Waals surface area contributed by atoms with Crippen LogP contribution < -0.4 is 9.30 Å². The van der Waals surface area contributed by atoms with E-state index in [-0.39, 0.29) is 5.75 Å². The molecule has 1 N–H and O–H groups in total. The van der Waals surface area contributed by atoms with E-state index in [9.17, 15) is 5.11 Å². The second-order valence-corrected chi connectivity index (χ2v) is 3.93. The number of hydrogen-bond acceptors (Lipinski definition) is 2. The molecule has 1 aromatic carbocycles. The van der Waals surface area contributed by atoms with Gasteiger partial charge in [-0.15, -0.1) is 0 Å². The maximum Gasteiger partial charge on any atom is 0.226 e. The molecule has 0 radical (unpaired) electrons. The van der Waals surface area contributed by atoms with Gasteiger partial charge in [0.2, 0.25) is 11.4 Å². The molecular weight excluding hydrogens is 214 g/mol. The van der Waals surface area contributed by atoms with E-state index in [0.717, 1.165) is 12.2 Å². The lowest BCUT2D eigenvalue weighted by atomic mass is 10.2. The van der Waals surface area contributed by atoms with E-state index < -0.39 is 0 Å². The Kier molecular flexibility index (Phi) is 3.28. The number of rotatable bonds is 3. The van der Waals surface area contributed by atoms with Crippen molar-refractivity contribution in [1.82, 2.24) is 0 Å². The lowest BCUT2D eigenvalue weighted by Crippen LogP contribution is -2.37. The van der Waals surface area contributed by atoms with E-state index in [4.69, 9.17) is 4.74 Å². The summed E-state index contributed by atoms with van der Waals surface area (Å²) in [6.45, 7) is 2.62. The van der Waals surface area contributed by atoms with Crippen molar-refractivity contribution in [2.45, 2.75) is 13.5 Å². The first kappa shape index (κ1) is 11.5. The Labute approximate surface area is 101 Å². The summed E-state index contributed by atoms with van der Waals surface area (Å²) in [4.78, 5) is 0. The van der Waals surface area contributed by atoms with Crippen LogP contribution in [0.4, 0.5) is 0 Å². The van der Waals surface area contributed by atoms with Gasteiger partial charge in [0.1, 0.15) is 0 Å². The first-order chi connectivity index (χ1) is 8.22. The molecular formula is C14H16NO2+. The van der Waals surface area contributed by atoms with Gasteiger partial charge in [-0.25, -0.2) is 0 Å². The van der Waals surface area contributed by atoms with Crippen LogP contribution in [0.3, 0.4) is 0 Å². The van der Waals surface area contributed by atoms with E-state index in [1.54, 1.807) is 13.2 Å². The summed E-state index contributed by atoms with van der Waals surface area (Å²) in [6.07, 6.45) is 1.92. The Bertz CT molecular complexity index is 509. The van der Waals surface area contributed by atoms with Gasteiger partial charge < -0.3 is 9.84 Å². The summed E-state index contributed by atoms with van der Waals surface area (Å²) in [5.41, 5.74) is 2.00.